The summed E-state index contributed by atoms with van der Waals surface area (Å²) in [6, 6.07) is 8.33. The number of halogens is 3. The molecule has 0 heterocycles. The van der Waals surface area contributed by atoms with Gasteiger partial charge < -0.3 is 4.52 Å². The van der Waals surface area contributed by atoms with E-state index in [2.05, 4.69) is 11.1 Å². The molecule has 16 heavy (non-hydrogen) atoms. The summed E-state index contributed by atoms with van der Waals surface area (Å²) in [6.07, 6.45) is -4.47. The average Bonchev–Trinajstić information content (AvgIpc) is 2.25. The van der Waals surface area contributed by atoms with E-state index in [0.29, 0.717) is 5.56 Å². The van der Waals surface area contributed by atoms with Crippen LogP contribution in [-0.2, 0) is 9.09 Å². The highest BCUT2D eigenvalue weighted by Crippen LogP contribution is 2.40. The minimum atomic E-state index is -4.47. The van der Waals surface area contributed by atoms with Gasteiger partial charge in [0.1, 0.15) is 6.61 Å². The van der Waals surface area contributed by atoms with Crippen molar-refractivity contribution in [3.63, 3.8) is 0 Å². The highest BCUT2D eigenvalue weighted by Gasteiger charge is 2.29. The first kappa shape index (κ1) is 13.0. The van der Waals surface area contributed by atoms with Gasteiger partial charge in [-0.05, 0) is 5.56 Å². The predicted molar refractivity (Wildman–Crippen MR) is 56.5 cm³/mol. The zero-order valence-corrected chi connectivity index (χ0v) is 9.25. The zero-order valence-electron chi connectivity index (χ0n) is 8.25. The van der Waals surface area contributed by atoms with Crippen LogP contribution in [0, 0.1) is 0 Å². The van der Waals surface area contributed by atoms with E-state index in [1.54, 1.807) is 30.3 Å². The van der Waals surface area contributed by atoms with E-state index in [1.165, 1.54) is 0 Å². The van der Waals surface area contributed by atoms with E-state index >= 15 is 0 Å². The summed E-state index contributed by atoms with van der Waals surface area (Å²) in [5.41, 5.74) is 0.522. The first-order valence-corrected chi connectivity index (χ1v) is 5.70. The molecule has 0 N–H and O–H groups in total. The molecule has 0 aromatic heterocycles. The van der Waals surface area contributed by atoms with Crippen LogP contribution in [0.4, 0.5) is 13.2 Å². The number of hydrogen-bond acceptors (Lipinski definition) is 2. The smallest absolute Gasteiger partial charge is 0.318 e. The Morgan fingerprint density at radius 2 is 1.88 bits per heavy atom. The van der Waals surface area contributed by atoms with E-state index in [0.717, 1.165) is 0 Å². The number of rotatable bonds is 4. The van der Waals surface area contributed by atoms with Crippen molar-refractivity contribution in [2.75, 3.05) is 6.61 Å². The monoisotopic (exact) mass is 250 g/mol. The number of hydrogen-bond donors (Lipinski definition) is 0. The summed E-state index contributed by atoms with van der Waals surface area (Å²) in [5.74, 6) is 0. The van der Waals surface area contributed by atoms with Gasteiger partial charge in [-0.2, -0.15) is 13.2 Å². The summed E-state index contributed by atoms with van der Waals surface area (Å²) in [7, 11) is -2.92. The maximum atomic E-state index is 11.8. The quantitative estimate of drug-likeness (QED) is 0.761. The maximum Gasteiger partial charge on any atom is 0.412 e. The molecule has 1 unspecified atom stereocenters. The van der Waals surface area contributed by atoms with Gasteiger partial charge in [0.15, 0.2) is 0 Å². The van der Waals surface area contributed by atoms with Crippen LogP contribution >= 0.6 is 8.03 Å². The molecule has 0 aliphatic heterocycles. The van der Waals surface area contributed by atoms with Crippen LogP contribution in [0.2, 0.25) is 0 Å². The number of alkyl halides is 3. The Bertz CT molecular complexity index is 387. The van der Waals surface area contributed by atoms with Crippen molar-refractivity contribution >= 4 is 13.3 Å². The van der Waals surface area contributed by atoms with Crippen LogP contribution in [0.5, 0.6) is 0 Å². The van der Waals surface area contributed by atoms with Gasteiger partial charge in [-0.1, -0.05) is 36.9 Å². The summed E-state index contributed by atoms with van der Waals surface area (Å²) < 4.78 is 51.0. The molecule has 88 valence electrons. The lowest BCUT2D eigenvalue weighted by Gasteiger charge is -2.09. The van der Waals surface area contributed by atoms with Gasteiger partial charge in [0.25, 0.3) is 0 Å². The predicted octanol–water partition coefficient (Wildman–Crippen LogP) is 3.71. The molecule has 1 aromatic rings. The Labute approximate surface area is 91.6 Å². The summed E-state index contributed by atoms with van der Waals surface area (Å²) in [5, 5.41) is 0.0925. The van der Waals surface area contributed by atoms with Gasteiger partial charge in [-0.15, -0.1) is 0 Å². The minimum Gasteiger partial charge on any atom is -0.318 e. The third-order valence-electron chi connectivity index (χ3n) is 1.74. The van der Waals surface area contributed by atoms with Crippen molar-refractivity contribution in [2.24, 2.45) is 0 Å². The lowest BCUT2D eigenvalue weighted by molar-refractivity contribution is -0.152. The average molecular weight is 250 g/mol. The van der Waals surface area contributed by atoms with E-state index in [9.17, 15) is 17.7 Å². The van der Waals surface area contributed by atoms with E-state index in [1.807, 2.05) is 0 Å². The molecule has 0 amide bonds. The molecule has 0 aliphatic carbocycles. The molecule has 0 saturated carbocycles. The standard InChI is InChI=1S/C10H10F3O2P/c1-8(9-5-3-2-4-6-9)16(14)15-7-10(11,12)13/h2-6,16H,1,7H2. The Balaban J connectivity index is 2.59. The molecule has 0 spiro atoms. The second kappa shape index (κ2) is 5.32. The molecular formula is C10H10F3O2P. The maximum absolute atomic E-state index is 11.8. The van der Waals surface area contributed by atoms with Gasteiger partial charge in [-0.25, -0.2) is 0 Å². The molecule has 0 saturated heterocycles. The first-order chi connectivity index (χ1) is 7.40. The molecule has 0 fully saturated rings. The van der Waals surface area contributed by atoms with E-state index in [4.69, 9.17) is 0 Å². The third kappa shape index (κ3) is 4.21. The Morgan fingerprint density at radius 3 is 2.38 bits per heavy atom. The summed E-state index contributed by atoms with van der Waals surface area (Å²) in [6.45, 7) is 1.95. The first-order valence-electron chi connectivity index (χ1n) is 4.38. The van der Waals surface area contributed by atoms with E-state index < -0.39 is 20.8 Å². The van der Waals surface area contributed by atoms with Crippen LogP contribution in [0.25, 0.3) is 5.31 Å². The van der Waals surface area contributed by atoms with Crippen molar-refractivity contribution in [3.05, 3.63) is 42.5 Å². The van der Waals surface area contributed by atoms with Crippen molar-refractivity contribution < 1.29 is 22.3 Å². The lowest BCUT2D eigenvalue weighted by Crippen LogP contribution is -2.14. The fourth-order valence-corrected chi connectivity index (χ4v) is 1.86. The van der Waals surface area contributed by atoms with Crippen molar-refractivity contribution in [3.8, 4) is 0 Å². The summed E-state index contributed by atoms with van der Waals surface area (Å²) in [4.78, 5) is 0. The number of benzene rings is 1. The van der Waals surface area contributed by atoms with Crippen molar-refractivity contribution in [1.82, 2.24) is 0 Å². The highest BCUT2D eigenvalue weighted by molar-refractivity contribution is 7.51. The van der Waals surface area contributed by atoms with Gasteiger partial charge >= 0.3 is 6.18 Å². The second-order valence-electron chi connectivity index (χ2n) is 3.04. The molecular weight excluding hydrogens is 240 g/mol. The molecule has 0 aliphatic rings. The fraction of sp³-hybridized carbons (Fsp3) is 0.200. The molecule has 1 rings (SSSR count). The van der Waals surface area contributed by atoms with Crippen LogP contribution < -0.4 is 0 Å². The fourth-order valence-electron chi connectivity index (χ4n) is 0.992. The topological polar surface area (TPSA) is 26.3 Å². The van der Waals surface area contributed by atoms with Gasteiger partial charge in [0.2, 0.25) is 8.03 Å². The van der Waals surface area contributed by atoms with Crippen LogP contribution in [0.1, 0.15) is 5.56 Å². The Kier molecular flexibility index (Phi) is 4.33. The molecule has 0 bridgehead atoms. The molecule has 1 aromatic carbocycles. The zero-order chi connectivity index (χ0) is 12.2. The van der Waals surface area contributed by atoms with Gasteiger partial charge in [0, 0.05) is 5.31 Å². The van der Waals surface area contributed by atoms with E-state index in [-0.39, 0.29) is 5.31 Å². The molecule has 1 atom stereocenters. The van der Waals surface area contributed by atoms with Crippen molar-refractivity contribution in [1.29, 1.82) is 0 Å². The van der Waals surface area contributed by atoms with Crippen LogP contribution in [0.15, 0.2) is 36.9 Å². The lowest BCUT2D eigenvalue weighted by atomic mass is 10.2. The Morgan fingerprint density at radius 1 is 1.31 bits per heavy atom. The molecule has 6 heteroatoms. The normalized spacial score (nSPS) is 13.4. The Hall–Kier alpha value is -1.06. The highest BCUT2D eigenvalue weighted by atomic mass is 31.1. The van der Waals surface area contributed by atoms with Crippen LogP contribution in [0.3, 0.4) is 0 Å². The summed E-state index contributed by atoms with van der Waals surface area (Å²) >= 11 is 0. The van der Waals surface area contributed by atoms with Gasteiger partial charge in [-0.3, -0.25) is 4.57 Å². The second-order valence-corrected chi connectivity index (χ2v) is 4.50. The SMILES string of the molecule is C=C(c1ccccc1)[PH](=O)OCC(F)(F)F. The van der Waals surface area contributed by atoms with Gasteiger partial charge in [0.05, 0.1) is 0 Å². The minimum absolute atomic E-state index is 0.0925. The third-order valence-corrected chi connectivity index (χ3v) is 2.92. The molecule has 0 radical (unpaired) electrons. The largest absolute Gasteiger partial charge is 0.412 e. The van der Waals surface area contributed by atoms with Crippen LogP contribution in [-0.4, -0.2) is 12.8 Å². The molecule has 2 nitrogen and oxygen atoms in total. The van der Waals surface area contributed by atoms with Crippen molar-refractivity contribution in [2.45, 2.75) is 6.18 Å².